The number of amides is 2. The molecule has 0 saturated heterocycles. The molecule has 0 unspecified atom stereocenters. The van der Waals surface area contributed by atoms with Crippen LogP contribution in [-0.2, 0) is 16.1 Å². The van der Waals surface area contributed by atoms with Crippen LogP contribution in [0.4, 0.5) is 0 Å². The average Bonchev–Trinajstić information content (AvgIpc) is 2.80. The van der Waals surface area contributed by atoms with Gasteiger partial charge in [0.2, 0.25) is 11.8 Å². The first-order valence-corrected chi connectivity index (χ1v) is 11.4. The first kappa shape index (κ1) is 23.1. The molecule has 0 aliphatic heterocycles. The van der Waals surface area contributed by atoms with Gasteiger partial charge in [0.15, 0.2) is 0 Å². The van der Waals surface area contributed by atoms with E-state index in [1.54, 1.807) is 12.0 Å². The molecule has 1 aliphatic rings. The minimum absolute atomic E-state index is 0.150. The molecule has 2 aromatic carbocycles. The molecule has 1 fully saturated rings. The summed E-state index contributed by atoms with van der Waals surface area (Å²) >= 11 is 5.97. The maximum absolute atomic E-state index is 13.5. The summed E-state index contributed by atoms with van der Waals surface area (Å²) in [5.74, 6) is 0.128. The lowest BCUT2D eigenvalue weighted by Gasteiger charge is -2.33. The molecule has 0 aromatic heterocycles. The molecule has 31 heavy (non-hydrogen) atoms. The lowest BCUT2D eigenvalue weighted by Crippen LogP contribution is -2.47. The Hall–Kier alpha value is -2.53. The van der Waals surface area contributed by atoms with E-state index in [4.69, 9.17) is 16.3 Å². The Morgan fingerprint density at radius 1 is 1.06 bits per heavy atom. The lowest BCUT2D eigenvalue weighted by molar-refractivity contribution is -0.140. The number of benzene rings is 2. The normalized spacial score (nSPS) is 15.2. The van der Waals surface area contributed by atoms with Crippen LogP contribution in [0.3, 0.4) is 0 Å². The number of methoxy groups -OCH3 is 1. The smallest absolute Gasteiger partial charge is 0.247 e. The summed E-state index contributed by atoms with van der Waals surface area (Å²) in [6.45, 7) is 2.28. The van der Waals surface area contributed by atoms with Gasteiger partial charge in [0, 0.05) is 12.6 Å². The summed E-state index contributed by atoms with van der Waals surface area (Å²) in [6, 6.07) is 14.7. The van der Waals surface area contributed by atoms with E-state index in [-0.39, 0.29) is 30.3 Å². The van der Waals surface area contributed by atoms with Crippen LogP contribution < -0.4 is 10.1 Å². The van der Waals surface area contributed by atoms with Crippen LogP contribution in [0.2, 0.25) is 0 Å². The molecule has 1 atom stereocenters. The van der Waals surface area contributed by atoms with Gasteiger partial charge < -0.3 is 15.0 Å². The third-order valence-electron chi connectivity index (χ3n) is 5.85. The molecule has 2 amide bonds. The topological polar surface area (TPSA) is 58.6 Å². The molecule has 1 saturated carbocycles. The minimum Gasteiger partial charge on any atom is -0.497 e. The standard InChI is InChI=1S/C25H31ClN2O3/c1-18-8-12-20(13-9-18)24(25(30)27-21-6-4-3-5-7-21)28(23(29)16-26)17-19-10-14-22(31-2)15-11-19/h8-15,21,24H,3-7,16-17H2,1-2H3,(H,27,30)/t24-/m0/s1. The van der Waals surface area contributed by atoms with Gasteiger partial charge in [0.25, 0.3) is 0 Å². The van der Waals surface area contributed by atoms with Crippen molar-refractivity contribution < 1.29 is 14.3 Å². The van der Waals surface area contributed by atoms with Gasteiger partial charge in [-0.2, -0.15) is 0 Å². The van der Waals surface area contributed by atoms with E-state index in [2.05, 4.69) is 5.32 Å². The summed E-state index contributed by atoms with van der Waals surface area (Å²) in [4.78, 5) is 28.0. The first-order chi connectivity index (χ1) is 15.0. The highest BCUT2D eigenvalue weighted by molar-refractivity contribution is 6.27. The number of halogens is 1. The van der Waals surface area contributed by atoms with E-state index in [0.29, 0.717) is 0 Å². The van der Waals surface area contributed by atoms with E-state index < -0.39 is 6.04 Å². The number of ether oxygens (including phenoxy) is 1. The Bertz CT molecular complexity index is 861. The molecule has 1 aliphatic carbocycles. The number of rotatable bonds is 8. The number of aryl methyl sites for hydroxylation is 1. The van der Waals surface area contributed by atoms with E-state index >= 15 is 0 Å². The molecule has 3 rings (SSSR count). The molecule has 0 radical (unpaired) electrons. The zero-order valence-corrected chi connectivity index (χ0v) is 19.0. The second-order valence-corrected chi connectivity index (χ2v) is 8.43. The maximum atomic E-state index is 13.5. The fourth-order valence-electron chi connectivity index (χ4n) is 4.08. The molecular weight excluding hydrogens is 412 g/mol. The van der Waals surface area contributed by atoms with E-state index in [1.165, 1.54) is 6.42 Å². The van der Waals surface area contributed by atoms with Crippen LogP contribution in [0.25, 0.3) is 0 Å². The Morgan fingerprint density at radius 3 is 2.29 bits per heavy atom. The Morgan fingerprint density at radius 2 is 1.71 bits per heavy atom. The predicted octanol–water partition coefficient (Wildman–Crippen LogP) is 4.76. The van der Waals surface area contributed by atoms with Crippen LogP contribution >= 0.6 is 11.6 Å². The number of carbonyl (C=O) groups excluding carboxylic acids is 2. The number of alkyl halides is 1. The van der Waals surface area contributed by atoms with Gasteiger partial charge >= 0.3 is 0 Å². The van der Waals surface area contributed by atoms with Crippen molar-refractivity contribution in [2.75, 3.05) is 13.0 Å². The van der Waals surface area contributed by atoms with Crippen molar-refractivity contribution in [1.29, 1.82) is 0 Å². The minimum atomic E-state index is -0.740. The van der Waals surface area contributed by atoms with Crippen molar-refractivity contribution in [3.63, 3.8) is 0 Å². The fraction of sp³-hybridized carbons (Fsp3) is 0.440. The number of hydrogen-bond acceptors (Lipinski definition) is 3. The largest absolute Gasteiger partial charge is 0.497 e. The van der Waals surface area contributed by atoms with Gasteiger partial charge in [-0.3, -0.25) is 9.59 Å². The SMILES string of the molecule is COc1ccc(CN(C(=O)CCl)[C@H](C(=O)NC2CCCCC2)c2ccc(C)cc2)cc1. The van der Waals surface area contributed by atoms with Crippen LogP contribution in [-0.4, -0.2) is 35.7 Å². The third-order valence-corrected chi connectivity index (χ3v) is 6.08. The van der Waals surface area contributed by atoms with Crippen molar-refractivity contribution in [3.8, 4) is 5.75 Å². The van der Waals surface area contributed by atoms with Crippen molar-refractivity contribution >= 4 is 23.4 Å². The van der Waals surface area contributed by atoms with E-state index in [0.717, 1.165) is 48.1 Å². The zero-order chi connectivity index (χ0) is 22.2. The van der Waals surface area contributed by atoms with Gasteiger partial charge in [0.1, 0.15) is 17.7 Å². The molecule has 0 bridgehead atoms. The molecule has 1 N–H and O–H groups in total. The zero-order valence-electron chi connectivity index (χ0n) is 18.3. The van der Waals surface area contributed by atoms with Crippen LogP contribution in [0.15, 0.2) is 48.5 Å². The highest BCUT2D eigenvalue weighted by Crippen LogP contribution is 2.27. The maximum Gasteiger partial charge on any atom is 0.247 e. The van der Waals surface area contributed by atoms with Crippen LogP contribution in [0.1, 0.15) is 54.8 Å². The molecule has 5 nitrogen and oxygen atoms in total. The number of nitrogens with zero attached hydrogens (tertiary/aromatic N) is 1. The third kappa shape index (κ3) is 6.23. The molecule has 0 spiro atoms. The fourth-order valence-corrected chi connectivity index (χ4v) is 4.23. The lowest BCUT2D eigenvalue weighted by atomic mass is 9.94. The van der Waals surface area contributed by atoms with Gasteiger partial charge in [-0.05, 0) is 43.0 Å². The molecule has 6 heteroatoms. The summed E-state index contributed by atoms with van der Waals surface area (Å²) in [6.07, 6.45) is 5.41. The summed E-state index contributed by atoms with van der Waals surface area (Å²) in [5.41, 5.74) is 2.79. The molecule has 0 heterocycles. The summed E-state index contributed by atoms with van der Waals surface area (Å²) in [7, 11) is 1.61. The van der Waals surface area contributed by atoms with E-state index in [1.807, 2.05) is 55.5 Å². The Kier molecular flexibility index (Phi) is 8.35. The second kappa shape index (κ2) is 11.2. The monoisotopic (exact) mass is 442 g/mol. The van der Waals surface area contributed by atoms with Crippen LogP contribution in [0, 0.1) is 6.92 Å². The molecule has 2 aromatic rings. The van der Waals surface area contributed by atoms with Crippen molar-refractivity contribution in [1.82, 2.24) is 10.2 Å². The number of carbonyl (C=O) groups is 2. The summed E-state index contributed by atoms with van der Waals surface area (Å²) < 4.78 is 5.23. The summed E-state index contributed by atoms with van der Waals surface area (Å²) in [5, 5.41) is 3.20. The van der Waals surface area contributed by atoms with E-state index in [9.17, 15) is 9.59 Å². The van der Waals surface area contributed by atoms with Gasteiger partial charge in [-0.1, -0.05) is 61.2 Å². The highest BCUT2D eigenvalue weighted by atomic mass is 35.5. The van der Waals surface area contributed by atoms with Gasteiger partial charge in [-0.15, -0.1) is 11.6 Å². The number of nitrogens with one attached hydrogen (secondary N) is 1. The second-order valence-electron chi connectivity index (χ2n) is 8.16. The van der Waals surface area contributed by atoms with Gasteiger partial charge in [-0.25, -0.2) is 0 Å². The molecular formula is C25H31ClN2O3. The average molecular weight is 443 g/mol. The predicted molar refractivity (Wildman–Crippen MR) is 123 cm³/mol. The van der Waals surface area contributed by atoms with Crippen molar-refractivity contribution in [2.24, 2.45) is 0 Å². The highest BCUT2D eigenvalue weighted by Gasteiger charge is 2.32. The quantitative estimate of drug-likeness (QED) is 0.599. The van der Waals surface area contributed by atoms with Crippen LogP contribution in [0.5, 0.6) is 5.75 Å². The Balaban J connectivity index is 1.91. The number of hydrogen-bond donors (Lipinski definition) is 1. The van der Waals surface area contributed by atoms with Crippen molar-refractivity contribution in [2.45, 2.75) is 57.7 Å². The molecule has 166 valence electrons. The first-order valence-electron chi connectivity index (χ1n) is 10.9. The van der Waals surface area contributed by atoms with Crippen molar-refractivity contribution in [3.05, 3.63) is 65.2 Å². The Labute approximate surface area is 189 Å². The van der Waals surface area contributed by atoms with Gasteiger partial charge in [0.05, 0.1) is 7.11 Å².